The largest absolute Gasteiger partial charge is 0.490 e. The topological polar surface area (TPSA) is 96.0 Å². The van der Waals surface area contributed by atoms with Gasteiger partial charge in [-0.1, -0.05) is 89.6 Å². The summed E-state index contributed by atoms with van der Waals surface area (Å²) in [5.41, 5.74) is 6.14. The average molecular weight is 837 g/mol. The fourth-order valence-corrected chi connectivity index (χ4v) is 16.9. The minimum atomic E-state index is -3.88. The van der Waals surface area contributed by atoms with Crippen LogP contribution in [-0.2, 0) is 40.0 Å². The van der Waals surface area contributed by atoms with E-state index < -0.39 is 30.5 Å². The summed E-state index contributed by atoms with van der Waals surface area (Å²) in [6, 6.07) is 22.1. The number of hydrogen-bond donors (Lipinski definition) is 0. The standard InChI is InChI=1S/C46H68N2O8SSi/c1-31(2)58(32(3)4,33(5)6)56-44-29-48(57(49,50)38-19-12-34(7)13-20-38)28-43(45(44)36-15-17-37(18-16-36)46(53-10)39-27-42(39)52-9)55-30-35-14-21-41-40(26-35)47(23-25-54-41)22-11-24-51-8/h12-21,26,31-33,39,42-46H,11,22-25,27-30H2,1-10H3/t39?,42-,43-,44+,45+,46+/m0/s1. The lowest BCUT2D eigenvalue weighted by Crippen LogP contribution is -2.59. The Morgan fingerprint density at radius 1 is 0.845 bits per heavy atom. The number of piperidine rings is 1. The number of fused-ring (bicyclic) bond motifs is 1. The Balaban J connectivity index is 1.41. The third-order valence-corrected chi connectivity index (χ3v) is 20.9. The maximum Gasteiger partial charge on any atom is 0.243 e. The van der Waals surface area contributed by atoms with E-state index in [4.69, 9.17) is 28.1 Å². The van der Waals surface area contributed by atoms with Gasteiger partial charge >= 0.3 is 0 Å². The van der Waals surface area contributed by atoms with Gasteiger partial charge in [-0.2, -0.15) is 4.31 Å². The van der Waals surface area contributed by atoms with Crippen molar-refractivity contribution in [3.63, 3.8) is 0 Å². The highest BCUT2D eigenvalue weighted by atomic mass is 32.2. The second-order valence-corrected chi connectivity index (χ2v) is 24.8. The lowest BCUT2D eigenvalue weighted by Gasteiger charge is -2.50. The normalized spacial score (nSPS) is 23.3. The van der Waals surface area contributed by atoms with E-state index in [1.54, 1.807) is 37.8 Å². The Labute approximate surface area is 349 Å². The fraction of sp³-hybridized carbons (Fsp3) is 0.609. The van der Waals surface area contributed by atoms with E-state index in [2.05, 4.69) is 82.8 Å². The number of aryl methyl sites for hydroxylation is 1. The second-order valence-electron chi connectivity index (χ2n) is 17.5. The Morgan fingerprint density at radius 2 is 1.52 bits per heavy atom. The first kappa shape index (κ1) is 44.7. The van der Waals surface area contributed by atoms with Gasteiger partial charge in [0, 0.05) is 59.4 Å². The van der Waals surface area contributed by atoms with E-state index in [0.29, 0.717) is 42.4 Å². The van der Waals surface area contributed by atoms with Crippen LogP contribution < -0.4 is 9.64 Å². The number of rotatable bonds is 19. The molecule has 6 atom stereocenters. The van der Waals surface area contributed by atoms with E-state index in [1.807, 2.05) is 25.1 Å². The molecule has 2 fully saturated rings. The molecule has 0 aromatic heterocycles. The lowest BCUT2D eigenvalue weighted by atomic mass is 9.84. The van der Waals surface area contributed by atoms with Crippen LogP contribution in [0.3, 0.4) is 0 Å². The van der Waals surface area contributed by atoms with Gasteiger partial charge in [0.15, 0.2) is 0 Å². The van der Waals surface area contributed by atoms with Gasteiger partial charge in [-0.25, -0.2) is 8.42 Å². The Kier molecular flexibility index (Phi) is 14.9. The maximum absolute atomic E-state index is 14.6. The van der Waals surface area contributed by atoms with Gasteiger partial charge in [0.25, 0.3) is 0 Å². The summed E-state index contributed by atoms with van der Waals surface area (Å²) >= 11 is 0. The zero-order chi connectivity index (χ0) is 41.8. The zero-order valence-corrected chi connectivity index (χ0v) is 38.3. The van der Waals surface area contributed by atoms with Crippen LogP contribution >= 0.6 is 0 Å². The molecule has 1 saturated heterocycles. The molecule has 2 aliphatic heterocycles. The SMILES string of the molecule is COCCCN1CCOc2ccc(CO[C@H]3CN(S(=O)(=O)c4ccc(C)cc4)C[C@@H](O[Si](C(C)C)(C(C)C)C(C)C)[C@@H]3c3ccc([C@@H](OC)C4C[C@@H]4OC)cc3)cc21. The highest BCUT2D eigenvalue weighted by Crippen LogP contribution is 2.48. The quantitative estimate of drug-likeness (QED) is 0.0867. The highest BCUT2D eigenvalue weighted by Gasteiger charge is 2.52. The predicted molar refractivity (Wildman–Crippen MR) is 233 cm³/mol. The van der Waals surface area contributed by atoms with Gasteiger partial charge in [-0.3, -0.25) is 0 Å². The van der Waals surface area contributed by atoms with Crippen molar-refractivity contribution in [2.24, 2.45) is 5.92 Å². The molecule has 3 aromatic carbocycles. The minimum Gasteiger partial charge on any atom is -0.490 e. The molecule has 58 heavy (non-hydrogen) atoms. The summed E-state index contributed by atoms with van der Waals surface area (Å²) in [6.07, 6.45) is 1.07. The van der Waals surface area contributed by atoms with Gasteiger partial charge in [0.05, 0.1) is 48.2 Å². The van der Waals surface area contributed by atoms with E-state index in [-0.39, 0.29) is 36.1 Å². The lowest BCUT2D eigenvalue weighted by molar-refractivity contribution is -0.0505. The second kappa shape index (κ2) is 19.3. The van der Waals surface area contributed by atoms with Gasteiger partial charge in [0.2, 0.25) is 18.3 Å². The number of nitrogens with zero attached hydrogens (tertiary/aromatic N) is 2. The van der Waals surface area contributed by atoms with Gasteiger partial charge in [-0.05, 0) is 77.3 Å². The molecule has 0 N–H and O–H groups in total. The first-order valence-electron chi connectivity index (χ1n) is 21.3. The zero-order valence-electron chi connectivity index (χ0n) is 36.5. The van der Waals surface area contributed by atoms with Crippen molar-refractivity contribution in [1.29, 1.82) is 0 Å². The van der Waals surface area contributed by atoms with Gasteiger partial charge < -0.3 is 33.0 Å². The molecule has 2 heterocycles. The van der Waals surface area contributed by atoms with Crippen LogP contribution in [0, 0.1) is 12.8 Å². The van der Waals surface area contributed by atoms with Crippen LogP contribution in [0.1, 0.15) is 88.7 Å². The smallest absolute Gasteiger partial charge is 0.243 e. The van der Waals surface area contributed by atoms with Gasteiger partial charge in [0.1, 0.15) is 12.4 Å². The third kappa shape index (κ3) is 9.55. The molecule has 6 rings (SSSR count). The van der Waals surface area contributed by atoms with Crippen LogP contribution in [0.4, 0.5) is 5.69 Å². The first-order chi connectivity index (χ1) is 27.7. The summed E-state index contributed by atoms with van der Waals surface area (Å²) in [4.78, 5) is 2.63. The Hall–Kier alpha value is -2.81. The summed E-state index contributed by atoms with van der Waals surface area (Å²) in [5, 5.41) is 0. The molecule has 3 aliphatic rings. The molecule has 3 aromatic rings. The van der Waals surface area contributed by atoms with Gasteiger partial charge in [-0.15, -0.1) is 0 Å². The number of benzene rings is 3. The third-order valence-electron chi connectivity index (χ3n) is 12.9. The summed E-state index contributed by atoms with van der Waals surface area (Å²) in [7, 11) is -1.14. The number of methoxy groups -OCH3 is 3. The van der Waals surface area contributed by atoms with Crippen LogP contribution in [-0.4, -0.2) is 100 Å². The molecule has 12 heteroatoms. The number of ether oxygens (including phenoxy) is 5. The van der Waals surface area contributed by atoms with Crippen molar-refractivity contribution >= 4 is 24.0 Å². The molecule has 0 radical (unpaired) electrons. The van der Waals surface area contributed by atoms with Crippen LogP contribution in [0.5, 0.6) is 5.75 Å². The number of anilines is 1. The maximum atomic E-state index is 14.6. The number of hydrogen-bond acceptors (Lipinski definition) is 9. The van der Waals surface area contributed by atoms with E-state index in [9.17, 15) is 8.42 Å². The molecule has 0 bridgehead atoms. The molecule has 1 saturated carbocycles. The van der Waals surface area contributed by atoms with Crippen molar-refractivity contribution in [3.8, 4) is 5.75 Å². The molecule has 10 nitrogen and oxygen atoms in total. The molecular formula is C46H68N2O8SSi. The van der Waals surface area contributed by atoms with Crippen molar-refractivity contribution in [2.45, 2.75) is 120 Å². The van der Waals surface area contributed by atoms with E-state index in [1.165, 1.54) is 0 Å². The van der Waals surface area contributed by atoms with Crippen molar-refractivity contribution < 1.29 is 36.5 Å². The molecule has 1 aliphatic carbocycles. The minimum absolute atomic E-state index is 0.0653. The molecule has 0 spiro atoms. The average Bonchev–Trinajstić information content (AvgIpc) is 3.99. The summed E-state index contributed by atoms with van der Waals surface area (Å²) in [5.74, 6) is 0.944. The fourth-order valence-electron chi connectivity index (χ4n) is 9.85. The summed E-state index contributed by atoms with van der Waals surface area (Å²) in [6.45, 7) is 19.4. The van der Waals surface area contributed by atoms with Crippen molar-refractivity contribution in [3.05, 3.63) is 89.0 Å². The van der Waals surface area contributed by atoms with Crippen LogP contribution in [0.15, 0.2) is 71.6 Å². The number of sulfonamides is 1. The van der Waals surface area contributed by atoms with E-state index in [0.717, 1.165) is 59.6 Å². The molecule has 320 valence electrons. The van der Waals surface area contributed by atoms with E-state index >= 15 is 0 Å². The van der Waals surface area contributed by atoms with Crippen LogP contribution in [0.25, 0.3) is 0 Å². The Bertz CT molecular complexity index is 1870. The molecule has 1 unspecified atom stereocenters. The van der Waals surface area contributed by atoms with Crippen molar-refractivity contribution in [2.75, 3.05) is 65.6 Å². The Morgan fingerprint density at radius 3 is 2.12 bits per heavy atom. The predicted octanol–water partition coefficient (Wildman–Crippen LogP) is 8.89. The van der Waals surface area contributed by atoms with Crippen molar-refractivity contribution in [1.82, 2.24) is 4.31 Å². The highest BCUT2D eigenvalue weighted by molar-refractivity contribution is 7.89. The molecule has 0 amide bonds. The first-order valence-corrected chi connectivity index (χ1v) is 24.8. The van der Waals surface area contributed by atoms with Crippen LogP contribution in [0.2, 0.25) is 16.6 Å². The summed E-state index contributed by atoms with van der Waals surface area (Å²) < 4.78 is 68.7. The molecular weight excluding hydrogens is 769 g/mol. The monoisotopic (exact) mass is 836 g/mol.